The second-order valence-corrected chi connectivity index (χ2v) is 3.93. The van der Waals surface area contributed by atoms with Gasteiger partial charge in [0.15, 0.2) is 0 Å². The average molecular weight is 219 g/mol. The molecular formula is C11H17N5. The van der Waals surface area contributed by atoms with Crippen molar-refractivity contribution in [3.05, 3.63) is 36.2 Å². The molecular weight excluding hydrogens is 202 g/mol. The van der Waals surface area contributed by atoms with Crippen molar-refractivity contribution in [2.75, 3.05) is 0 Å². The maximum absolute atomic E-state index is 5.96. The molecule has 0 saturated carbocycles. The molecule has 0 aliphatic carbocycles. The summed E-state index contributed by atoms with van der Waals surface area (Å²) < 4.78 is 3.86. The maximum atomic E-state index is 5.96. The van der Waals surface area contributed by atoms with E-state index in [0.717, 1.165) is 18.8 Å². The monoisotopic (exact) mass is 219 g/mol. The van der Waals surface area contributed by atoms with E-state index in [1.165, 1.54) is 5.56 Å². The van der Waals surface area contributed by atoms with Crippen molar-refractivity contribution in [3.8, 4) is 0 Å². The summed E-state index contributed by atoms with van der Waals surface area (Å²) in [4.78, 5) is 4.19. The average Bonchev–Trinajstić information content (AvgIpc) is 2.89. The Morgan fingerprint density at radius 2 is 2.31 bits per heavy atom. The number of hydrogen-bond donors (Lipinski definition) is 1. The predicted molar refractivity (Wildman–Crippen MR) is 61.8 cm³/mol. The molecule has 5 heteroatoms. The highest BCUT2D eigenvalue weighted by atomic mass is 15.3. The van der Waals surface area contributed by atoms with Crippen LogP contribution >= 0.6 is 0 Å². The van der Waals surface area contributed by atoms with Crippen molar-refractivity contribution in [2.24, 2.45) is 12.8 Å². The smallest absolute Gasteiger partial charge is 0.146 e. The molecule has 2 N–H and O–H groups in total. The molecule has 0 bridgehead atoms. The van der Waals surface area contributed by atoms with Gasteiger partial charge in [-0.05, 0) is 18.1 Å². The molecule has 2 aromatic heterocycles. The molecule has 0 fully saturated rings. The van der Waals surface area contributed by atoms with Crippen LogP contribution < -0.4 is 5.73 Å². The lowest BCUT2D eigenvalue weighted by Crippen LogP contribution is -2.08. The van der Waals surface area contributed by atoms with Gasteiger partial charge in [-0.1, -0.05) is 6.92 Å². The summed E-state index contributed by atoms with van der Waals surface area (Å²) in [6.45, 7) is 2.82. The fourth-order valence-electron chi connectivity index (χ4n) is 1.64. The first-order valence-corrected chi connectivity index (χ1v) is 5.45. The van der Waals surface area contributed by atoms with Crippen LogP contribution in [0.5, 0.6) is 0 Å². The Bertz CT molecular complexity index is 456. The quantitative estimate of drug-likeness (QED) is 0.836. The SMILES string of the molecule is CCC(N)c1ccn(Cc2ncnn2C)c1. The van der Waals surface area contributed by atoms with E-state index in [1.54, 1.807) is 11.0 Å². The van der Waals surface area contributed by atoms with E-state index in [2.05, 4.69) is 33.8 Å². The van der Waals surface area contributed by atoms with Crippen LogP contribution in [-0.4, -0.2) is 19.3 Å². The normalized spacial score (nSPS) is 12.9. The van der Waals surface area contributed by atoms with Crippen molar-refractivity contribution >= 4 is 0 Å². The molecule has 5 nitrogen and oxygen atoms in total. The molecule has 0 radical (unpaired) electrons. The summed E-state index contributed by atoms with van der Waals surface area (Å²) >= 11 is 0. The molecule has 0 aliphatic rings. The van der Waals surface area contributed by atoms with Crippen molar-refractivity contribution in [1.82, 2.24) is 19.3 Å². The molecule has 0 amide bonds. The van der Waals surface area contributed by atoms with Crippen LogP contribution in [0.2, 0.25) is 0 Å². The highest BCUT2D eigenvalue weighted by molar-refractivity contribution is 5.15. The fourth-order valence-corrected chi connectivity index (χ4v) is 1.64. The minimum absolute atomic E-state index is 0.126. The molecule has 2 heterocycles. The number of nitrogens with zero attached hydrogens (tertiary/aromatic N) is 4. The van der Waals surface area contributed by atoms with Crippen molar-refractivity contribution < 1.29 is 0 Å². The molecule has 1 atom stereocenters. The lowest BCUT2D eigenvalue weighted by Gasteiger charge is -2.05. The zero-order valence-corrected chi connectivity index (χ0v) is 9.67. The largest absolute Gasteiger partial charge is 0.346 e. The highest BCUT2D eigenvalue weighted by Gasteiger charge is 2.06. The van der Waals surface area contributed by atoms with Gasteiger partial charge < -0.3 is 10.3 Å². The van der Waals surface area contributed by atoms with E-state index < -0.39 is 0 Å². The van der Waals surface area contributed by atoms with Gasteiger partial charge in [0.25, 0.3) is 0 Å². The summed E-state index contributed by atoms with van der Waals surface area (Å²) in [5, 5.41) is 4.04. The summed E-state index contributed by atoms with van der Waals surface area (Å²) in [6, 6.07) is 2.19. The van der Waals surface area contributed by atoms with E-state index in [0.29, 0.717) is 0 Å². The van der Waals surface area contributed by atoms with Crippen molar-refractivity contribution in [1.29, 1.82) is 0 Å². The Hall–Kier alpha value is -1.62. The Kier molecular flexibility index (Phi) is 3.05. The lowest BCUT2D eigenvalue weighted by atomic mass is 10.1. The van der Waals surface area contributed by atoms with E-state index in [-0.39, 0.29) is 6.04 Å². The van der Waals surface area contributed by atoms with Gasteiger partial charge in [0.1, 0.15) is 12.2 Å². The Balaban J connectivity index is 2.11. The van der Waals surface area contributed by atoms with Crippen LogP contribution in [0.4, 0.5) is 0 Å². The Morgan fingerprint density at radius 3 is 2.94 bits per heavy atom. The molecule has 2 aromatic rings. The third-order valence-corrected chi connectivity index (χ3v) is 2.77. The number of aryl methyl sites for hydroxylation is 1. The molecule has 0 aliphatic heterocycles. The minimum Gasteiger partial charge on any atom is -0.346 e. The zero-order chi connectivity index (χ0) is 11.5. The number of hydrogen-bond acceptors (Lipinski definition) is 3. The molecule has 0 aromatic carbocycles. The van der Waals surface area contributed by atoms with Gasteiger partial charge >= 0.3 is 0 Å². The molecule has 16 heavy (non-hydrogen) atoms. The summed E-state index contributed by atoms with van der Waals surface area (Å²) in [5.74, 6) is 0.937. The van der Waals surface area contributed by atoms with Crippen molar-refractivity contribution in [3.63, 3.8) is 0 Å². The molecule has 86 valence electrons. The number of rotatable bonds is 4. The maximum Gasteiger partial charge on any atom is 0.146 e. The first-order valence-electron chi connectivity index (χ1n) is 5.45. The van der Waals surface area contributed by atoms with Gasteiger partial charge in [-0.3, -0.25) is 4.68 Å². The first kappa shape index (κ1) is 10.9. The van der Waals surface area contributed by atoms with Gasteiger partial charge in [-0.15, -0.1) is 0 Å². The third kappa shape index (κ3) is 2.14. The van der Waals surface area contributed by atoms with Crippen LogP contribution in [0.1, 0.15) is 30.8 Å². The van der Waals surface area contributed by atoms with Crippen LogP contribution in [-0.2, 0) is 13.6 Å². The number of nitrogens with two attached hydrogens (primary N) is 1. The Labute approximate surface area is 94.9 Å². The summed E-state index contributed by atoms with van der Waals surface area (Å²) in [6.07, 6.45) is 6.62. The van der Waals surface area contributed by atoms with Crippen LogP contribution in [0, 0.1) is 0 Å². The first-order chi connectivity index (χ1) is 7.70. The third-order valence-electron chi connectivity index (χ3n) is 2.77. The molecule has 1 unspecified atom stereocenters. The van der Waals surface area contributed by atoms with Gasteiger partial charge in [0.2, 0.25) is 0 Å². The van der Waals surface area contributed by atoms with E-state index in [1.807, 2.05) is 13.2 Å². The van der Waals surface area contributed by atoms with Crippen molar-refractivity contribution in [2.45, 2.75) is 25.9 Å². The zero-order valence-electron chi connectivity index (χ0n) is 9.67. The van der Waals surface area contributed by atoms with E-state index in [9.17, 15) is 0 Å². The summed E-state index contributed by atoms with van der Waals surface area (Å²) in [5.41, 5.74) is 7.14. The predicted octanol–water partition coefficient (Wildman–Crippen LogP) is 1.07. The minimum atomic E-state index is 0.126. The molecule has 0 saturated heterocycles. The van der Waals surface area contributed by atoms with Gasteiger partial charge in [0.05, 0.1) is 6.54 Å². The van der Waals surface area contributed by atoms with Crippen LogP contribution in [0.3, 0.4) is 0 Å². The van der Waals surface area contributed by atoms with Gasteiger partial charge in [-0.25, -0.2) is 4.98 Å². The van der Waals surface area contributed by atoms with Gasteiger partial charge in [-0.2, -0.15) is 5.10 Å². The number of aromatic nitrogens is 4. The van der Waals surface area contributed by atoms with Crippen LogP contribution in [0.15, 0.2) is 24.8 Å². The van der Waals surface area contributed by atoms with Gasteiger partial charge in [0, 0.05) is 25.5 Å². The molecule has 2 rings (SSSR count). The Morgan fingerprint density at radius 1 is 1.50 bits per heavy atom. The second-order valence-electron chi connectivity index (χ2n) is 3.93. The highest BCUT2D eigenvalue weighted by Crippen LogP contribution is 2.14. The van der Waals surface area contributed by atoms with Crippen LogP contribution in [0.25, 0.3) is 0 Å². The second kappa shape index (κ2) is 4.49. The molecule has 0 spiro atoms. The van der Waals surface area contributed by atoms with E-state index in [4.69, 9.17) is 5.73 Å². The fraction of sp³-hybridized carbons (Fsp3) is 0.455. The lowest BCUT2D eigenvalue weighted by molar-refractivity contribution is 0.649. The van der Waals surface area contributed by atoms with E-state index >= 15 is 0 Å². The standard InChI is InChI=1S/C11H17N5/c1-3-10(12)9-4-5-16(6-9)7-11-13-8-14-15(11)2/h4-6,8,10H,3,7,12H2,1-2H3. The topological polar surface area (TPSA) is 61.7 Å². The summed E-state index contributed by atoms with van der Waals surface area (Å²) in [7, 11) is 1.89.